The number of amides is 2. The first-order valence-electron chi connectivity index (χ1n) is 10.3. The number of hydrogen-bond acceptors (Lipinski definition) is 6. The number of benzene rings is 1. The molecule has 2 aromatic rings. The van der Waals surface area contributed by atoms with Crippen LogP contribution in [0, 0.1) is 6.92 Å². The van der Waals surface area contributed by atoms with Crippen LogP contribution in [0.4, 0.5) is 10.5 Å². The number of ether oxygens (including phenoxy) is 2. The Hall–Kier alpha value is -3.13. The molecule has 1 aromatic carbocycles. The first-order chi connectivity index (χ1) is 14.7. The van der Waals surface area contributed by atoms with Crippen molar-refractivity contribution in [2.45, 2.75) is 52.7 Å². The number of pyridine rings is 1. The number of alkyl carbamates (subject to hydrolysis) is 1. The number of aliphatic hydroxyl groups is 1. The summed E-state index contributed by atoms with van der Waals surface area (Å²) >= 11 is 0. The third kappa shape index (κ3) is 5.95. The minimum atomic E-state index is -0.565. The van der Waals surface area contributed by atoms with E-state index in [1.54, 1.807) is 11.0 Å². The molecular formula is C23H29N3O5. The van der Waals surface area contributed by atoms with Crippen molar-refractivity contribution < 1.29 is 24.2 Å². The second-order valence-corrected chi connectivity index (χ2v) is 8.44. The van der Waals surface area contributed by atoms with Crippen molar-refractivity contribution in [3.63, 3.8) is 0 Å². The molecule has 8 nitrogen and oxygen atoms in total. The van der Waals surface area contributed by atoms with E-state index in [-0.39, 0.29) is 25.6 Å². The normalized spacial score (nSPS) is 13.6. The molecule has 31 heavy (non-hydrogen) atoms. The Morgan fingerprint density at radius 2 is 2.03 bits per heavy atom. The van der Waals surface area contributed by atoms with Crippen molar-refractivity contribution in [2.24, 2.45) is 0 Å². The molecule has 0 atom stereocenters. The summed E-state index contributed by atoms with van der Waals surface area (Å²) in [6.07, 6.45) is 0.431. The van der Waals surface area contributed by atoms with Gasteiger partial charge in [-0.2, -0.15) is 0 Å². The second kappa shape index (κ2) is 9.34. The Morgan fingerprint density at radius 1 is 1.26 bits per heavy atom. The summed E-state index contributed by atoms with van der Waals surface area (Å²) in [5.74, 6) is 1.01. The largest absolute Gasteiger partial charge is 0.444 e. The van der Waals surface area contributed by atoms with E-state index in [0.717, 1.165) is 22.5 Å². The van der Waals surface area contributed by atoms with Crippen molar-refractivity contribution in [1.29, 1.82) is 0 Å². The van der Waals surface area contributed by atoms with Gasteiger partial charge in [0.2, 0.25) is 11.8 Å². The van der Waals surface area contributed by atoms with E-state index in [1.165, 1.54) is 0 Å². The molecule has 0 aliphatic carbocycles. The molecule has 2 heterocycles. The molecule has 1 aromatic heterocycles. The molecule has 0 spiro atoms. The van der Waals surface area contributed by atoms with E-state index in [9.17, 15) is 14.7 Å². The molecule has 0 unspecified atom stereocenters. The fourth-order valence-corrected chi connectivity index (χ4v) is 3.46. The molecule has 1 aliphatic heterocycles. The Bertz CT molecular complexity index is 968. The summed E-state index contributed by atoms with van der Waals surface area (Å²) in [4.78, 5) is 30.2. The lowest BCUT2D eigenvalue weighted by atomic mass is 10.00. The number of fused-ring (bicyclic) bond motifs is 1. The molecule has 8 heteroatoms. The summed E-state index contributed by atoms with van der Waals surface area (Å²) in [5.41, 5.74) is 2.68. The molecule has 0 saturated carbocycles. The highest BCUT2D eigenvalue weighted by molar-refractivity contribution is 5.97. The predicted molar refractivity (Wildman–Crippen MR) is 116 cm³/mol. The lowest BCUT2D eigenvalue weighted by molar-refractivity contribution is -0.119. The summed E-state index contributed by atoms with van der Waals surface area (Å²) in [5, 5.41) is 12.0. The van der Waals surface area contributed by atoms with Crippen molar-refractivity contribution in [3.05, 3.63) is 47.2 Å². The Kier molecular flexibility index (Phi) is 6.80. The number of carbonyl (C=O) groups is 2. The van der Waals surface area contributed by atoms with E-state index in [1.807, 2.05) is 52.0 Å². The van der Waals surface area contributed by atoms with E-state index in [4.69, 9.17) is 9.47 Å². The highest BCUT2D eigenvalue weighted by atomic mass is 16.6. The third-order valence-electron chi connectivity index (χ3n) is 4.65. The monoisotopic (exact) mass is 427 g/mol. The zero-order valence-corrected chi connectivity index (χ0v) is 18.4. The minimum absolute atomic E-state index is 0.0112. The summed E-state index contributed by atoms with van der Waals surface area (Å²) in [7, 11) is 0. The minimum Gasteiger partial charge on any atom is -0.444 e. The summed E-state index contributed by atoms with van der Waals surface area (Å²) in [6.45, 7) is 7.70. The van der Waals surface area contributed by atoms with Gasteiger partial charge < -0.3 is 24.8 Å². The SMILES string of the molecule is Cc1cc(CNC(=O)OC(C)(C)C)cc(Oc2cccc3c2CCC(=O)N3CCO)n1. The fraction of sp³-hybridized carbons (Fsp3) is 0.435. The smallest absolute Gasteiger partial charge is 0.407 e. The Labute approximate surface area is 182 Å². The quantitative estimate of drug-likeness (QED) is 0.732. The van der Waals surface area contributed by atoms with Crippen LogP contribution in [-0.2, 0) is 22.5 Å². The van der Waals surface area contributed by atoms with E-state index < -0.39 is 11.7 Å². The first-order valence-corrected chi connectivity index (χ1v) is 10.3. The van der Waals surface area contributed by atoms with Gasteiger partial charge in [0.25, 0.3) is 0 Å². The molecule has 0 bridgehead atoms. The number of rotatable bonds is 6. The maximum absolute atomic E-state index is 12.2. The Balaban J connectivity index is 1.78. The van der Waals surface area contributed by atoms with Crippen LogP contribution in [0.2, 0.25) is 0 Å². The topological polar surface area (TPSA) is 101 Å². The number of β-amino-alcohol motifs (C(OH)–C–C–N with tert-alkyl or cyclic N) is 1. The number of aliphatic hydroxyl groups excluding tert-OH is 1. The molecule has 0 radical (unpaired) electrons. The predicted octanol–water partition coefficient (Wildman–Crippen LogP) is 3.48. The van der Waals surface area contributed by atoms with Gasteiger partial charge >= 0.3 is 6.09 Å². The summed E-state index contributed by atoms with van der Waals surface area (Å²) in [6, 6.07) is 9.15. The van der Waals surface area contributed by atoms with Crippen LogP contribution in [0.1, 0.15) is 44.0 Å². The maximum Gasteiger partial charge on any atom is 0.407 e. The highest BCUT2D eigenvalue weighted by Crippen LogP contribution is 2.36. The van der Waals surface area contributed by atoms with Crippen molar-refractivity contribution in [3.8, 4) is 11.6 Å². The molecule has 166 valence electrons. The van der Waals surface area contributed by atoms with E-state index in [2.05, 4.69) is 10.3 Å². The maximum atomic E-state index is 12.2. The van der Waals surface area contributed by atoms with Crippen LogP contribution in [0.3, 0.4) is 0 Å². The van der Waals surface area contributed by atoms with Crippen LogP contribution in [-0.4, -0.2) is 40.8 Å². The van der Waals surface area contributed by atoms with Gasteiger partial charge in [0.15, 0.2) is 0 Å². The van der Waals surface area contributed by atoms with Crippen LogP contribution in [0.5, 0.6) is 11.6 Å². The lowest BCUT2D eigenvalue weighted by Crippen LogP contribution is -2.37. The number of hydrogen-bond donors (Lipinski definition) is 2. The van der Waals surface area contributed by atoms with E-state index in [0.29, 0.717) is 24.5 Å². The van der Waals surface area contributed by atoms with Gasteiger partial charge in [-0.15, -0.1) is 0 Å². The summed E-state index contributed by atoms with van der Waals surface area (Å²) < 4.78 is 11.4. The molecular weight excluding hydrogens is 398 g/mol. The van der Waals surface area contributed by atoms with Crippen molar-refractivity contribution in [2.75, 3.05) is 18.1 Å². The van der Waals surface area contributed by atoms with Gasteiger partial charge in [0.05, 0.1) is 12.3 Å². The zero-order chi connectivity index (χ0) is 22.6. The second-order valence-electron chi connectivity index (χ2n) is 8.44. The average Bonchev–Trinajstić information content (AvgIpc) is 2.67. The number of aromatic nitrogens is 1. The number of carbonyl (C=O) groups excluding carboxylic acids is 2. The lowest BCUT2D eigenvalue weighted by Gasteiger charge is -2.30. The Morgan fingerprint density at radius 3 is 2.74 bits per heavy atom. The van der Waals surface area contributed by atoms with Gasteiger partial charge in [-0.3, -0.25) is 4.79 Å². The van der Waals surface area contributed by atoms with E-state index >= 15 is 0 Å². The molecule has 2 N–H and O–H groups in total. The number of anilines is 1. The number of nitrogens with zero attached hydrogens (tertiary/aromatic N) is 2. The molecule has 0 saturated heterocycles. The van der Waals surface area contributed by atoms with Crippen LogP contribution in [0.25, 0.3) is 0 Å². The standard InChI is InChI=1S/C23H29N3O5/c1-15-12-16(14-24-22(29)31-23(2,3)4)13-20(25-15)30-19-7-5-6-18-17(19)8-9-21(28)26(18)10-11-27/h5-7,12-13,27H,8-11,14H2,1-4H3,(H,24,29). The van der Waals surface area contributed by atoms with Gasteiger partial charge in [0, 0.05) is 36.8 Å². The molecule has 0 fully saturated rings. The number of aryl methyl sites for hydroxylation is 1. The fourth-order valence-electron chi connectivity index (χ4n) is 3.46. The van der Waals surface area contributed by atoms with Crippen molar-refractivity contribution >= 4 is 17.7 Å². The zero-order valence-electron chi connectivity index (χ0n) is 18.4. The van der Waals surface area contributed by atoms with Gasteiger partial charge in [0.1, 0.15) is 11.4 Å². The van der Waals surface area contributed by atoms with Gasteiger partial charge in [-0.05, 0) is 57.9 Å². The van der Waals surface area contributed by atoms with Crippen LogP contribution >= 0.6 is 0 Å². The third-order valence-corrected chi connectivity index (χ3v) is 4.65. The van der Waals surface area contributed by atoms with Crippen LogP contribution < -0.4 is 15.0 Å². The first kappa shape index (κ1) is 22.6. The molecule has 2 amide bonds. The highest BCUT2D eigenvalue weighted by Gasteiger charge is 2.26. The van der Waals surface area contributed by atoms with Gasteiger partial charge in [-0.1, -0.05) is 6.07 Å². The number of nitrogens with one attached hydrogen (secondary N) is 1. The molecule has 1 aliphatic rings. The van der Waals surface area contributed by atoms with Crippen molar-refractivity contribution in [1.82, 2.24) is 10.3 Å². The molecule has 3 rings (SSSR count). The average molecular weight is 428 g/mol. The van der Waals surface area contributed by atoms with Crippen LogP contribution in [0.15, 0.2) is 30.3 Å². The van der Waals surface area contributed by atoms with Gasteiger partial charge in [-0.25, -0.2) is 9.78 Å².